The van der Waals surface area contributed by atoms with Crippen molar-refractivity contribution in [2.45, 2.75) is 64.7 Å². The second kappa shape index (κ2) is 12.8. The fourth-order valence-corrected chi connectivity index (χ4v) is 4.97. The van der Waals surface area contributed by atoms with Crippen LogP contribution >= 0.6 is 0 Å². The number of carboxylic acid groups (broad SMARTS) is 1. The Labute approximate surface area is 234 Å². The number of hydrogen-bond acceptors (Lipinski definition) is 4. The maximum absolute atomic E-state index is 13.6. The Kier molecular flexibility index (Phi) is 9.22. The van der Waals surface area contributed by atoms with Crippen LogP contribution in [-0.2, 0) is 20.8 Å². The van der Waals surface area contributed by atoms with E-state index in [2.05, 4.69) is 27.0 Å². The molecule has 0 aliphatic rings. The molecule has 4 atom stereocenters. The summed E-state index contributed by atoms with van der Waals surface area (Å²) < 4.78 is 0. The van der Waals surface area contributed by atoms with Crippen LogP contribution in [-0.4, -0.2) is 46.0 Å². The normalized spacial score (nSPS) is 14.5. The minimum absolute atomic E-state index is 0.144. The summed E-state index contributed by atoms with van der Waals surface area (Å²) in [6.07, 6.45) is 2.54. The van der Waals surface area contributed by atoms with Gasteiger partial charge in [0.05, 0.1) is 12.1 Å². The number of benzene rings is 3. The third-order valence-electron chi connectivity index (χ3n) is 7.21. The molecule has 210 valence electrons. The zero-order chi connectivity index (χ0) is 28.8. The largest absolute Gasteiger partial charge is 0.480 e. The van der Waals surface area contributed by atoms with Gasteiger partial charge in [0.1, 0.15) is 12.1 Å². The standard InChI is InChI=1S/C32H38N4O4/c1-19(2)15-28(30(37)35-20(3)23-14-13-22-9-5-6-10-24(22)16-23)36-31(38)29(34-21(4)32(39)40)17-25-18-33-27-12-8-7-11-26(25)27/h5-14,16,18-21,28-29,33-34H,15,17H2,1-4H3,(H,35,37)(H,36,38)(H,39,40)/t20-,21?,28+,29+/m1/s1. The van der Waals surface area contributed by atoms with Crippen LogP contribution in [0.1, 0.15) is 51.3 Å². The Morgan fingerprint density at radius 3 is 2.23 bits per heavy atom. The van der Waals surface area contributed by atoms with Gasteiger partial charge >= 0.3 is 5.97 Å². The zero-order valence-corrected chi connectivity index (χ0v) is 23.4. The van der Waals surface area contributed by atoms with Gasteiger partial charge in [-0.3, -0.25) is 19.7 Å². The number of aromatic nitrogens is 1. The molecule has 1 aromatic heterocycles. The molecule has 0 saturated heterocycles. The number of aliphatic carboxylic acids is 1. The molecule has 0 fully saturated rings. The molecule has 3 aromatic carbocycles. The second-order valence-electron chi connectivity index (χ2n) is 10.9. The topological polar surface area (TPSA) is 123 Å². The Balaban J connectivity index is 1.51. The summed E-state index contributed by atoms with van der Waals surface area (Å²) in [5.41, 5.74) is 2.79. The Morgan fingerprint density at radius 1 is 0.825 bits per heavy atom. The van der Waals surface area contributed by atoms with Crippen molar-refractivity contribution < 1.29 is 19.5 Å². The van der Waals surface area contributed by atoms with Crippen molar-refractivity contribution in [1.29, 1.82) is 0 Å². The van der Waals surface area contributed by atoms with Gasteiger partial charge in [0.15, 0.2) is 0 Å². The number of fused-ring (bicyclic) bond motifs is 2. The first kappa shape index (κ1) is 28.8. The molecule has 0 aliphatic heterocycles. The van der Waals surface area contributed by atoms with Gasteiger partial charge in [-0.05, 0) is 66.6 Å². The van der Waals surface area contributed by atoms with Crippen molar-refractivity contribution in [1.82, 2.24) is 20.9 Å². The van der Waals surface area contributed by atoms with Gasteiger partial charge in [-0.1, -0.05) is 68.4 Å². The number of hydrogen-bond donors (Lipinski definition) is 5. The van der Waals surface area contributed by atoms with Gasteiger partial charge in [-0.15, -0.1) is 0 Å². The first-order chi connectivity index (χ1) is 19.1. The third kappa shape index (κ3) is 7.07. The summed E-state index contributed by atoms with van der Waals surface area (Å²) in [5.74, 6) is -1.61. The third-order valence-corrected chi connectivity index (χ3v) is 7.21. The molecule has 5 N–H and O–H groups in total. The molecular formula is C32H38N4O4. The van der Waals surface area contributed by atoms with E-state index in [0.29, 0.717) is 6.42 Å². The molecule has 1 heterocycles. The van der Waals surface area contributed by atoms with Gasteiger partial charge in [0, 0.05) is 17.1 Å². The maximum atomic E-state index is 13.6. The van der Waals surface area contributed by atoms with Crippen LogP contribution in [0.2, 0.25) is 0 Å². The van der Waals surface area contributed by atoms with E-state index in [9.17, 15) is 19.5 Å². The van der Waals surface area contributed by atoms with E-state index in [1.54, 1.807) is 0 Å². The molecule has 0 bridgehead atoms. The predicted molar refractivity (Wildman–Crippen MR) is 158 cm³/mol. The lowest BCUT2D eigenvalue weighted by Crippen LogP contribution is -2.56. The molecule has 4 aromatic rings. The molecule has 40 heavy (non-hydrogen) atoms. The Morgan fingerprint density at radius 2 is 1.50 bits per heavy atom. The number of carboxylic acids is 1. The van der Waals surface area contributed by atoms with Crippen LogP contribution in [0.15, 0.2) is 72.9 Å². The number of aromatic amines is 1. The van der Waals surface area contributed by atoms with Gasteiger partial charge < -0.3 is 20.7 Å². The first-order valence-electron chi connectivity index (χ1n) is 13.8. The molecule has 8 nitrogen and oxygen atoms in total. The van der Waals surface area contributed by atoms with E-state index in [1.807, 2.05) is 87.6 Å². The lowest BCUT2D eigenvalue weighted by atomic mass is 9.99. The predicted octanol–water partition coefficient (Wildman–Crippen LogP) is 4.70. The van der Waals surface area contributed by atoms with Crippen molar-refractivity contribution >= 4 is 39.5 Å². The zero-order valence-electron chi connectivity index (χ0n) is 23.4. The number of para-hydroxylation sites is 1. The quantitative estimate of drug-likeness (QED) is 0.178. The summed E-state index contributed by atoms with van der Waals surface area (Å²) >= 11 is 0. The lowest BCUT2D eigenvalue weighted by molar-refractivity contribution is -0.139. The molecule has 0 aliphatic carbocycles. The van der Waals surface area contributed by atoms with Crippen LogP contribution in [0.5, 0.6) is 0 Å². The highest BCUT2D eigenvalue weighted by molar-refractivity contribution is 5.91. The monoisotopic (exact) mass is 542 g/mol. The number of nitrogens with one attached hydrogen (secondary N) is 4. The van der Waals surface area contributed by atoms with Gasteiger partial charge in [-0.25, -0.2) is 0 Å². The summed E-state index contributed by atoms with van der Waals surface area (Å²) in [5, 5.41) is 21.6. The van der Waals surface area contributed by atoms with Gasteiger partial charge in [-0.2, -0.15) is 0 Å². The van der Waals surface area contributed by atoms with E-state index in [4.69, 9.17) is 0 Å². The number of H-pyrrole nitrogens is 1. The molecular weight excluding hydrogens is 504 g/mol. The van der Waals surface area contributed by atoms with E-state index in [0.717, 1.165) is 32.8 Å². The molecule has 4 rings (SSSR count). The van der Waals surface area contributed by atoms with Crippen LogP contribution in [0.3, 0.4) is 0 Å². The summed E-state index contributed by atoms with van der Waals surface area (Å²) in [6, 6.07) is 19.0. The van der Waals surface area contributed by atoms with E-state index < -0.39 is 30.0 Å². The first-order valence-corrected chi connectivity index (χ1v) is 13.8. The Bertz CT molecular complexity index is 1490. The number of carbonyl (C=O) groups excluding carboxylic acids is 2. The minimum atomic E-state index is -1.06. The van der Waals surface area contributed by atoms with Crippen LogP contribution < -0.4 is 16.0 Å². The molecule has 0 saturated carbocycles. The van der Waals surface area contributed by atoms with E-state index >= 15 is 0 Å². The highest BCUT2D eigenvalue weighted by Crippen LogP contribution is 2.22. The van der Waals surface area contributed by atoms with Crippen LogP contribution in [0.4, 0.5) is 0 Å². The second-order valence-corrected chi connectivity index (χ2v) is 10.9. The van der Waals surface area contributed by atoms with Crippen molar-refractivity contribution in [3.63, 3.8) is 0 Å². The van der Waals surface area contributed by atoms with Crippen molar-refractivity contribution in [2.24, 2.45) is 5.92 Å². The SMILES string of the molecule is CC(C)C[C@H](NC(=O)[C@H](Cc1c[nH]c2ccccc12)NC(C)C(=O)O)C(=O)N[C@H](C)c1ccc2ccccc2c1. The minimum Gasteiger partial charge on any atom is -0.480 e. The smallest absolute Gasteiger partial charge is 0.320 e. The number of carbonyl (C=O) groups is 3. The van der Waals surface area contributed by atoms with E-state index in [-0.39, 0.29) is 24.3 Å². The summed E-state index contributed by atoms with van der Waals surface area (Å²) in [7, 11) is 0. The highest BCUT2D eigenvalue weighted by atomic mass is 16.4. The van der Waals surface area contributed by atoms with Crippen LogP contribution in [0.25, 0.3) is 21.7 Å². The number of rotatable bonds is 12. The number of amides is 2. The van der Waals surface area contributed by atoms with E-state index in [1.165, 1.54) is 6.92 Å². The average Bonchev–Trinajstić information content (AvgIpc) is 3.34. The maximum Gasteiger partial charge on any atom is 0.320 e. The van der Waals surface area contributed by atoms with Gasteiger partial charge in [0.2, 0.25) is 11.8 Å². The fraction of sp³-hybridized carbons (Fsp3) is 0.344. The van der Waals surface area contributed by atoms with Crippen molar-refractivity contribution in [3.8, 4) is 0 Å². The van der Waals surface area contributed by atoms with Crippen molar-refractivity contribution in [3.05, 3.63) is 84.1 Å². The molecule has 2 amide bonds. The Hall–Kier alpha value is -4.17. The lowest BCUT2D eigenvalue weighted by Gasteiger charge is -2.26. The molecule has 8 heteroatoms. The summed E-state index contributed by atoms with van der Waals surface area (Å²) in [6.45, 7) is 7.41. The van der Waals surface area contributed by atoms with Crippen LogP contribution in [0, 0.1) is 5.92 Å². The fourth-order valence-electron chi connectivity index (χ4n) is 4.97. The molecule has 0 spiro atoms. The summed E-state index contributed by atoms with van der Waals surface area (Å²) in [4.78, 5) is 41.9. The average molecular weight is 543 g/mol. The highest BCUT2D eigenvalue weighted by Gasteiger charge is 2.30. The van der Waals surface area contributed by atoms with Gasteiger partial charge in [0.25, 0.3) is 0 Å². The van der Waals surface area contributed by atoms with Crippen molar-refractivity contribution in [2.75, 3.05) is 0 Å². The molecule has 0 radical (unpaired) electrons. The molecule has 1 unspecified atom stereocenters.